The highest BCUT2D eigenvalue weighted by Gasteiger charge is 2.33. The summed E-state index contributed by atoms with van der Waals surface area (Å²) in [4.78, 5) is 31.2. The van der Waals surface area contributed by atoms with Crippen molar-refractivity contribution in [3.8, 4) is 5.75 Å². The molecule has 4 rings (SSSR count). The first kappa shape index (κ1) is 21.1. The summed E-state index contributed by atoms with van der Waals surface area (Å²) >= 11 is 7.30. The molecule has 1 N–H and O–H groups in total. The molecule has 0 aliphatic carbocycles. The summed E-state index contributed by atoms with van der Waals surface area (Å²) in [5.74, 6) is -0.354. The predicted molar refractivity (Wildman–Crippen MR) is 120 cm³/mol. The molecule has 1 aliphatic rings. The molecule has 0 unspecified atom stereocenters. The van der Waals surface area contributed by atoms with Crippen LogP contribution in [0.25, 0.3) is 6.08 Å². The first-order chi connectivity index (χ1) is 14.9. The molecule has 0 amide bonds. The molecule has 0 saturated carbocycles. The van der Waals surface area contributed by atoms with E-state index in [1.165, 1.54) is 15.9 Å². The molecule has 1 aliphatic heterocycles. The number of aromatic nitrogens is 1. The van der Waals surface area contributed by atoms with Crippen molar-refractivity contribution in [2.75, 3.05) is 6.61 Å². The van der Waals surface area contributed by atoms with Crippen LogP contribution in [0.1, 0.15) is 31.0 Å². The second kappa shape index (κ2) is 8.53. The Labute approximate surface area is 187 Å². The number of halogens is 1. The zero-order valence-corrected chi connectivity index (χ0v) is 18.4. The number of ether oxygens (including phenoxy) is 1. The van der Waals surface area contributed by atoms with Crippen LogP contribution in [-0.2, 0) is 9.53 Å². The Morgan fingerprint density at radius 2 is 1.90 bits per heavy atom. The zero-order valence-electron chi connectivity index (χ0n) is 16.8. The third kappa shape index (κ3) is 4.06. The number of phenolic OH excluding ortho intramolecular Hbond substituents is 1. The van der Waals surface area contributed by atoms with Crippen LogP contribution in [0.4, 0.5) is 0 Å². The first-order valence-electron chi connectivity index (χ1n) is 9.63. The number of carbonyl (C=O) groups is 1. The number of hydrogen-bond acceptors (Lipinski definition) is 6. The number of esters is 1. The smallest absolute Gasteiger partial charge is 0.338 e. The summed E-state index contributed by atoms with van der Waals surface area (Å²) in [6.45, 7) is 3.69. The van der Waals surface area contributed by atoms with Gasteiger partial charge in [0.15, 0.2) is 4.80 Å². The average molecular weight is 455 g/mol. The van der Waals surface area contributed by atoms with Crippen LogP contribution in [0.2, 0.25) is 5.02 Å². The highest BCUT2D eigenvalue weighted by molar-refractivity contribution is 7.07. The van der Waals surface area contributed by atoms with E-state index in [0.29, 0.717) is 25.6 Å². The molecule has 8 heteroatoms. The highest BCUT2D eigenvalue weighted by Crippen LogP contribution is 2.31. The molecular weight excluding hydrogens is 436 g/mol. The van der Waals surface area contributed by atoms with Crippen molar-refractivity contribution in [1.82, 2.24) is 4.57 Å². The van der Waals surface area contributed by atoms with E-state index in [1.807, 2.05) is 0 Å². The monoisotopic (exact) mass is 454 g/mol. The minimum Gasteiger partial charge on any atom is -0.508 e. The van der Waals surface area contributed by atoms with Crippen molar-refractivity contribution in [3.05, 3.63) is 95.6 Å². The van der Waals surface area contributed by atoms with Gasteiger partial charge in [-0.2, -0.15) is 0 Å². The molecule has 3 aromatic rings. The van der Waals surface area contributed by atoms with Gasteiger partial charge in [-0.05, 0) is 55.3 Å². The Bertz CT molecular complexity index is 1350. The maximum absolute atomic E-state index is 13.4. The lowest BCUT2D eigenvalue weighted by Crippen LogP contribution is -2.39. The minimum absolute atomic E-state index is 0.149. The summed E-state index contributed by atoms with van der Waals surface area (Å²) in [6.07, 6.45) is 1.74. The van der Waals surface area contributed by atoms with Crippen LogP contribution in [0.5, 0.6) is 5.75 Å². The van der Waals surface area contributed by atoms with E-state index >= 15 is 0 Å². The van der Waals surface area contributed by atoms with Gasteiger partial charge < -0.3 is 9.84 Å². The number of allylic oxidation sites excluding steroid dienone is 1. The quantitative estimate of drug-likeness (QED) is 0.614. The highest BCUT2D eigenvalue weighted by atomic mass is 35.5. The molecule has 2 heterocycles. The molecule has 0 radical (unpaired) electrons. The largest absolute Gasteiger partial charge is 0.508 e. The van der Waals surface area contributed by atoms with E-state index in [1.54, 1.807) is 68.5 Å². The van der Waals surface area contributed by atoms with Crippen LogP contribution >= 0.6 is 22.9 Å². The van der Waals surface area contributed by atoms with Crippen molar-refractivity contribution in [1.29, 1.82) is 0 Å². The normalized spacial score (nSPS) is 16.1. The van der Waals surface area contributed by atoms with Gasteiger partial charge in [0.05, 0.1) is 28.5 Å². The van der Waals surface area contributed by atoms with E-state index in [0.717, 1.165) is 11.1 Å². The van der Waals surface area contributed by atoms with Crippen LogP contribution < -0.4 is 14.9 Å². The lowest BCUT2D eigenvalue weighted by Gasteiger charge is -2.24. The number of carbonyl (C=O) groups excluding carboxylic acids is 1. The summed E-state index contributed by atoms with van der Waals surface area (Å²) in [5, 5.41) is 10.1. The summed E-state index contributed by atoms with van der Waals surface area (Å²) in [7, 11) is 0. The molecule has 1 atom stereocenters. The number of rotatable bonds is 4. The Morgan fingerprint density at radius 1 is 1.23 bits per heavy atom. The van der Waals surface area contributed by atoms with Crippen molar-refractivity contribution in [2.24, 2.45) is 4.99 Å². The maximum Gasteiger partial charge on any atom is 0.338 e. The Kier molecular flexibility index (Phi) is 5.80. The van der Waals surface area contributed by atoms with E-state index in [2.05, 4.69) is 4.99 Å². The third-order valence-electron chi connectivity index (χ3n) is 4.89. The molecule has 1 aromatic heterocycles. The van der Waals surface area contributed by atoms with Gasteiger partial charge in [-0.15, -0.1) is 0 Å². The molecule has 0 spiro atoms. The van der Waals surface area contributed by atoms with Crippen molar-refractivity contribution < 1.29 is 14.6 Å². The molecule has 0 saturated heterocycles. The van der Waals surface area contributed by atoms with Crippen LogP contribution in [0, 0.1) is 0 Å². The van der Waals surface area contributed by atoms with Crippen LogP contribution in [0.15, 0.2) is 69.6 Å². The molecule has 158 valence electrons. The number of nitrogens with zero attached hydrogens (tertiary/aromatic N) is 2. The van der Waals surface area contributed by atoms with Gasteiger partial charge in [0.25, 0.3) is 5.56 Å². The lowest BCUT2D eigenvalue weighted by molar-refractivity contribution is -0.139. The third-order valence-corrected chi connectivity index (χ3v) is 6.13. The molecule has 0 bridgehead atoms. The molecule has 6 nitrogen and oxygen atoms in total. The number of thiazole rings is 1. The van der Waals surface area contributed by atoms with Gasteiger partial charge >= 0.3 is 5.97 Å². The maximum atomic E-state index is 13.4. The molecule has 2 aromatic carbocycles. The van der Waals surface area contributed by atoms with E-state index in [9.17, 15) is 14.7 Å². The fourth-order valence-electron chi connectivity index (χ4n) is 3.47. The van der Waals surface area contributed by atoms with Crippen molar-refractivity contribution in [3.63, 3.8) is 0 Å². The van der Waals surface area contributed by atoms with Gasteiger partial charge in [0.1, 0.15) is 5.75 Å². The van der Waals surface area contributed by atoms with Crippen molar-refractivity contribution in [2.45, 2.75) is 19.9 Å². The number of benzene rings is 2. The molecule has 0 fully saturated rings. The van der Waals surface area contributed by atoms with E-state index in [-0.39, 0.29) is 17.9 Å². The van der Waals surface area contributed by atoms with Gasteiger partial charge in [0.2, 0.25) is 0 Å². The summed E-state index contributed by atoms with van der Waals surface area (Å²) in [5.41, 5.74) is 2.08. The number of hydrogen-bond donors (Lipinski definition) is 1. The Hall–Kier alpha value is -3.16. The fourth-order valence-corrected chi connectivity index (χ4v) is 4.65. The zero-order chi connectivity index (χ0) is 22.1. The summed E-state index contributed by atoms with van der Waals surface area (Å²) < 4.78 is 7.27. The number of aromatic hydroxyl groups is 1. The van der Waals surface area contributed by atoms with Crippen molar-refractivity contribution >= 4 is 35.0 Å². The molecule has 31 heavy (non-hydrogen) atoms. The standard InChI is InChI=1S/C23H19ClN2O4S/c1-3-30-22(29)19-13(2)25-23-26(20(19)15-6-8-16(24)9-7-15)21(28)18(31-23)12-14-4-10-17(27)11-5-14/h4-12,20,27H,3H2,1-2H3/b18-12+/t20-/m0/s1. The topological polar surface area (TPSA) is 80.9 Å². The summed E-state index contributed by atoms with van der Waals surface area (Å²) in [6, 6.07) is 12.9. The predicted octanol–water partition coefficient (Wildman–Crippen LogP) is 3.16. The van der Waals surface area contributed by atoms with Gasteiger partial charge in [-0.1, -0.05) is 47.2 Å². The second-order valence-corrected chi connectivity index (χ2v) is 8.39. The minimum atomic E-state index is -0.672. The first-order valence-corrected chi connectivity index (χ1v) is 10.8. The second-order valence-electron chi connectivity index (χ2n) is 6.95. The van der Waals surface area contributed by atoms with Crippen LogP contribution in [-0.4, -0.2) is 22.2 Å². The fraction of sp³-hybridized carbons (Fsp3) is 0.174. The number of fused-ring (bicyclic) bond motifs is 1. The van der Waals surface area contributed by atoms with E-state index in [4.69, 9.17) is 16.3 Å². The lowest BCUT2D eigenvalue weighted by atomic mass is 9.96. The van der Waals surface area contributed by atoms with Gasteiger partial charge in [-0.25, -0.2) is 9.79 Å². The average Bonchev–Trinajstić information content (AvgIpc) is 3.04. The number of phenols is 1. The SMILES string of the molecule is CCOC(=O)C1=C(C)N=c2s/c(=C/c3ccc(O)cc3)c(=O)n2[C@H]1c1ccc(Cl)cc1. The van der Waals surface area contributed by atoms with Gasteiger partial charge in [0, 0.05) is 5.02 Å². The Morgan fingerprint density at radius 3 is 2.55 bits per heavy atom. The Balaban J connectivity index is 1.94. The van der Waals surface area contributed by atoms with Gasteiger partial charge in [-0.3, -0.25) is 9.36 Å². The van der Waals surface area contributed by atoms with Crippen LogP contribution in [0.3, 0.4) is 0 Å². The molecular formula is C23H19ClN2O4S. The van der Waals surface area contributed by atoms with E-state index < -0.39 is 12.0 Å².